The molecular formula is C24H16ClFN2O6. The summed E-state index contributed by atoms with van der Waals surface area (Å²) in [5.41, 5.74) is 1.24. The van der Waals surface area contributed by atoms with Crippen LogP contribution in [0.1, 0.15) is 16.7 Å². The third-order valence-corrected chi connectivity index (χ3v) is 5.15. The highest BCUT2D eigenvalue weighted by Crippen LogP contribution is 2.34. The van der Waals surface area contributed by atoms with Crippen molar-refractivity contribution in [1.29, 1.82) is 0 Å². The van der Waals surface area contributed by atoms with Crippen molar-refractivity contribution in [2.75, 3.05) is 7.11 Å². The lowest BCUT2D eigenvalue weighted by atomic mass is 10.1. The minimum Gasteiger partial charge on any atom is -0.493 e. The van der Waals surface area contributed by atoms with Crippen molar-refractivity contribution >= 4 is 35.2 Å². The molecule has 3 aromatic carbocycles. The molecule has 0 aliphatic carbocycles. The number of cyclic esters (lactones) is 1. The van der Waals surface area contributed by atoms with Crippen molar-refractivity contribution < 1.29 is 28.3 Å². The number of para-hydroxylation sites is 1. The fourth-order valence-electron chi connectivity index (χ4n) is 3.16. The van der Waals surface area contributed by atoms with E-state index in [0.29, 0.717) is 17.1 Å². The van der Waals surface area contributed by atoms with Gasteiger partial charge in [-0.2, -0.15) is 0 Å². The molecule has 0 amide bonds. The second-order valence-electron chi connectivity index (χ2n) is 7.05. The SMILES string of the molecule is COc1cccc(/C=C2\N=C(c3ccc([N+](=O)[O-])cc3Cl)OC2=O)c1OCc1ccc(F)cc1. The summed E-state index contributed by atoms with van der Waals surface area (Å²) < 4.78 is 29.7. The first-order valence-electron chi connectivity index (χ1n) is 9.87. The average molecular weight is 483 g/mol. The molecule has 0 aromatic heterocycles. The Hall–Kier alpha value is -4.24. The topological polar surface area (TPSA) is 100 Å². The van der Waals surface area contributed by atoms with E-state index >= 15 is 0 Å². The fourth-order valence-corrected chi connectivity index (χ4v) is 3.42. The molecule has 34 heavy (non-hydrogen) atoms. The highest BCUT2D eigenvalue weighted by atomic mass is 35.5. The summed E-state index contributed by atoms with van der Waals surface area (Å²) in [4.78, 5) is 27.0. The lowest BCUT2D eigenvalue weighted by molar-refractivity contribution is -0.384. The number of methoxy groups -OCH3 is 1. The van der Waals surface area contributed by atoms with Gasteiger partial charge in [-0.25, -0.2) is 14.2 Å². The maximum Gasteiger partial charge on any atom is 0.363 e. The van der Waals surface area contributed by atoms with Gasteiger partial charge in [0.15, 0.2) is 17.2 Å². The second-order valence-corrected chi connectivity index (χ2v) is 7.46. The number of benzene rings is 3. The quantitative estimate of drug-likeness (QED) is 0.195. The Balaban J connectivity index is 1.65. The molecule has 1 aliphatic heterocycles. The number of carbonyl (C=O) groups is 1. The molecule has 0 bridgehead atoms. The molecule has 1 heterocycles. The first-order chi connectivity index (χ1) is 16.4. The van der Waals surface area contributed by atoms with Crippen LogP contribution in [0, 0.1) is 15.9 Å². The standard InChI is InChI=1S/C24H16ClFN2O6/c1-32-21-4-2-3-15(22(21)33-13-14-5-7-16(26)8-6-14)11-20-24(29)34-23(27-20)18-10-9-17(28(30)31)12-19(18)25/h2-12H,13H2,1H3/b20-11-. The molecule has 3 aromatic rings. The maximum atomic E-state index is 13.2. The van der Waals surface area contributed by atoms with E-state index < -0.39 is 10.9 Å². The Labute approximate surface area is 198 Å². The van der Waals surface area contributed by atoms with Gasteiger partial charge in [-0.1, -0.05) is 35.9 Å². The second kappa shape index (κ2) is 9.72. The van der Waals surface area contributed by atoms with Gasteiger partial charge in [0, 0.05) is 17.7 Å². The summed E-state index contributed by atoms with van der Waals surface area (Å²) in [6, 6.07) is 14.7. The zero-order chi connectivity index (χ0) is 24.2. The number of nitro groups is 1. The van der Waals surface area contributed by atoms with E-state index in [9.17, 15) is 19.3 Å². The number of halogens is 2. The number of nitrogens with zero attached hydrogens (tertiary/aromatic N) is 2. The molecule has 0 N–H and O–H groups in total. The number of hydrogen-bond donors (Lipinski definition) is 0. The number of esters is 1. The minimum atomic E-state index is -0.725. The highest BCUT2D eigenvalue weighted by Gasteiger charge is 2.27. The molecule has 0 fully saturated rings. The van der Waals surface area contributed by atoms with Crippen LogP contribution in [0.4, 0.5) is 10.1 Å². The van der Waals surface area contributed by atoms with E-state index in [1.807, 2.05) is 0 Å². The third kappa shape index (κ3) is 4.89. The molecule has 4 rings (SSSR count). The van der Waals surface area contributed by atoms with Crippen LogP contribution < -0.4 is 9.47 Å². The Kier molecular flexibility index (Phi) is 6.55. The molecule has 1 aliphatic rings. The van der Waals surface area contributed by atoms with Crippen molar-refractivity contribution in [2.45, 2.75) is 6.61 Å². The van der Waals surface area contributed by atoms with Gasteiger partial charge >= 0.3 is 5.97 Å². The van der Waals surface area contributed by atoms with Crippen LogP contribution in [-0.2, 0) is 16.1 Å². The first kappa shape index (κ1) is 22.9. The molecule has 8 nitrogen and oxygen atoms in total. The van der Waals surface area contributed by atoms with Gasteiger partial charge in [0.2, 0.25) is 5.90 Å². The molecule has 0 saturated carbocycles. The third-order valence-electron chi connectivity index (χ3n) is 4.83. The minimum absolute atomic E-state index is 0.0201. The van der Waals surface area contributed by atoms with Crippen LogP contribution in [0.5, 0.6) is 11.5 Å². The van der Waals surface area contributed by atoms with Gasteiger partial charge in [-0.05, 0) is 35.9 Å². The van der Waals surface area contributed by atoms with Crippen LogP contribution in [-0.4, -0.2) is 23.9 Å². The number of ether oxygens (including phenoxy) is 3. The molecule has 0 saturated heterocycles. The summed E-state index contributed by atoms with van der Waals surface area (Å²) in [6.07, 6.45) is 1.47. The van der Waals surface area contributed by atoms with Crippen molar-refractivity contribution in [3.63, 3.8) is 0 Å². The van der Waals surface area contributed by atoms with Gasteiger partial charge in [0.25, 0.3) is 5.69 Å². The van der Waals surface area contributed by atoms with Crippen LogP contribution in [0.15, 0.2) is 71.4 Å². The average Bonchev–Trinajstić information content (AvgIpc) is 3.18. The molecular weight excluding hydrogens is 467 g/mol. The van der Waals surface area contributed by atoms with E-state index in [1.54, 1.807) is 30.3 Å². The van der Waals surface area contributed by atoms with Gasteiger partial charge in [-0.15, -0.1) is 0 Å². The van der Waals surface area contributed by atoms with Crippen molar-refractivity contribution in [3.05, 3.63) is 104 Å². The lowest BCUT2D eigenvalue weighted by Gasteiger charge is -2.13. The van der Waals surface area contributed by atoms with E-state index in [0.717, 1.165) is 11.6 Å². The van der Waals surface area contributed by atoms with Crippen molar-refractivity contribution in [2.24, 2.45) is 4.99 Å². The molecule has 10 heteroatoms. The Bertz CT molecular complexity index is 1340. The van der Waals surface area contributed by atoms with Crippen LogP contribution >= 0.6 is 11.6 Å². The molecule has 0 spiro atoms. The fraction of sp³-hybridized carbons (Fsp3) is 0.0833. The van der Waals surface area contributed by atoms with E-state index in [4.69, 9.17) is 25.8 Å². The summed E-state index contributed by atoms with van der Waals surface area (Å²) >= 11 is 6.13. The van der Waals surface area contributed by atoms with E-state index in [2.05, 4.69) is 4.99 Å². The van der Waals surface area contributed by atoms with Gasteiger partial charge in [0.1, 0.15) is 12.4 Å². The van der Waals surface area contributed by atoms with Crippen LogP contribution in [0.2, 0.25) is 5.02 Å². The Morgan fingerprint density at radius 2 is 1.94 bits per heavy atom. The summed E-state index contributed by atoms with van der Waals surface area (Å²) in [5, 5.41) is 10.9. The molecule has 0 radical (unpaired) electrons. The van der Waals surface area contributed by atoms with Crippen LogP contribution in [0.3, 0.4) is 0 Å². The predicted molar refractivity (Wildman–Crippen MR) is 122 cm³/mol. The number of hydrogen-bond acceptors (Lipinski definition) is 7. The first-order valence-corrected chi connectivity index (χ1v) is 10.2. The zero-order valence-electron chi connectivity index (χ0n) is 17.7. The lowest BCUT2D eigenvalue weighted by Crippen LogP contribution is -2.06. The smallest absolute Gasteiger partial charge is 0.363 e. The number of non-ortho nitro benzene ring substituents is 1. The number of aliphatic imine (C=N–C) groups is 1. The van der Waals surface area contributed by atoms with Gasteiger partial charge in [0.05, 0.1) is 22.6 Å². The van der Waals surface area contributed by atoms with Gasteiger partial charge < -0.3 is 14.2 Å². The number of nitro benzene ring substituents is 1. The van der Waals surface area contributed by atoms with E-state index in [-0.39, 0.29) is 40.3 Å². The predicted octanol–water partition coefficient (Wildman–Crippen LogP) is 5.32. The maximum absolute atomic E-state index is 13.2. The van der Waals surface area contributed by atoms with E-state index in [1.165, 1.54) is 37.5 Å². The largest absolute Gasteiger partial charge is 0.493 e. The number of rotatable bonds is 7. The molecule has 0 atom stereocenters. The van der Waals surface area contributed by atoms with Crippen molar-refractivity contribution in [1.82, 2.24) is 0 Å². The monoisotopic (exact) mass is 482 g/mol. The summed E-state index contributed by atoms with van der Waals surface area (Å²) in [6.45, 7) is 0.133. The summed E-state index contributed by atoms with van der Waals surface area (Å²) in [5.74, 6) is -0.380. The number of carbonyl (C=O) groups excluding carboxylic acids is 1. The molecule has 0 unspecified atom stereocenters. The Morgan fingerprint density at radius 1 is 1.18 bits per heavy atom. The van der Waals surface area contributed by atoms with Gasteiger partial charge in [-0.3, -0.25) is 10.1 Å². The van der Waals surface area contributed by atoms with Crippen molar-refractivity contribution in [3.8, 4) is 11.5 Å². The Morgan fingerprint density at radius 3 is 2.62 bits per heavy atom. The zero-order valence-corrected chi connectivity index (χ0v) is 18.4. The van der Waals surface area contributed by atoms with Crippen LogP contribution in [0.25, 0.3) is 6.08 Å². The highest BCUT2D eigenvalue weighted by molar-refractivity contribution is 6.34. The summed E-state index contributed by atoms with van der Waals surface area (Å²) in [7, 11) is 1.48. The normalized spacial score (nSPS) is 14.0. The molecule has 172 valence electrons.